The van der Waals surface area contributed by atoms with Crippen LogP contribution in [-0.2, 0) is 0 Å². The van der Waals surface area contributed by atoms with Crippen LogP contribution in [0.15, 0.2) is 22.8 Å². The van der Waals surface area contributed by atoms with Crippen molar-refractivity contribution in [2.45, 2.75) is 37.8 Å². The molecule has 116 valence electrons. The van der Waals surface area contributed by atoms with Crippen LogP contribution in [0.4, 0.5) is 0 Å². The molecule has 3 aliphatic rings. The minimum Gasteiger partial charge on any atom is -0.468 e. The molecule has 0 aliphatic carbocycles. The maximum absolute atomic E-state index is 5.72. The molecule has 4 rings (SSSR count). The minimum atomic E-state index is 0.415. The molecule has 3 fully saturated rings. The third-order valence-corrected chi connectivity index (χ3v) is 5.59. The summed E-state index contributed by atoms with van der Waals surface area (Å²) in [6.07, 6.45) is 7.26. The Labute approximate surface area is 127 Å². The molecule has 4 atom stereocenters. The zero-order valence-corrected chi connectivity index (χ0v) is 12.8. The van der Waals surface area contributed by atoms with Gasteiger partial charge >= 0.3 is 0 Å². The van der Waals surface area contributed by atoms with E-state index in [-0.39, 0.29) is 0 Å². The lowest BCUT2D eigenvalue weighted by molar-refractivity contribution is 0.201. The van der Waals surface area contributed by atoms with Gasteiger partial charge in [-0.05, 0) is 63.4 Å². The van der Waals surface area contributed by atoms with Crippen molar-refractivity contribution in [2.75, 3.05) is 39.3 Å². The second-order valence-corrected chi connectivity index (χ2v) is 6.95. The summed E-state index contributed by atoms with van der Waals surface area (Å²) in [7, 11) is 0. The maximum atomic E-state index is 5.72. The van der Waals surface area contributed by atoms with Gasteiger partial charge in [0.25, 0.3) is 0 Å². The van der Waals surface area contributed by atoms with Crippen LogP contribution < -0.4 is 5.32 Å². The highest BCUT2D eigenvalue weighted by Crippen LogP contribution is 2.29. The van der Waals surface area contributed by atoms with Gasteiger partial charge in [0.05, 0.1) is 12.3 Å². The smallest absolute Gasteiger partial charge is 0.122 e. The van der Waals surface area contributed by atoms with Crippen LogP contribution in [0.1, 0.15) is 37.5 Å². The number of furan rings is 1. The van der Waals surface area contributed by atoms with E-state index in [9.17, 15) is 0 Å². The van der Waals surface area contributed by atoms with Crippen molar-refractivity contribution in [1.29, 1.82) is 0 Å². The Morgan fingerprint density at radius 1 is 1.19 bits per heavy atom. The molecule has 0 radical (unpaired) electrons. The number of nitrogens with one attached hydrogen (secondary N) is 1. The zero-order valence-electron chi connectivity index (χ0n) is 12.8. The molecule has 0 spiro atoms. The van der Waals surface area contributed by atoms with Gasteiger partial charge in [-0.25, -0.2) is 0 Å². The molecule has 21 heavy (non-hydrogen) atoms. The van der Waals surface area contributed by atoms with Crippen molar-refractivity contribution in [2.24, 2.45) is 5.92 Å². The standard InChI is InChI=1S/C17H27N3O/c1-2-9-20(8-1)16(17-6-4-10-21-17)11-18-15-13-19-7-3-5-14(15)12-19/h4,6,10,14-16,18H,1-3,5,7-9,11-13H2. The highest BCUT2D eigenvalue weighted by atomic mass is 16.3. The lowest BCUT2D eigenvalue weighted by Gasteiger charge is -2.28. The predicted molar refractivity (Wildman–Crippen MR) is 83.2 cm³/mol. The van der Waals surface area contributed by atoms with Crippen molar-refractivity contribution in [1.82, 2.24) is 15.1 Å². The molecule has 4 heteroatoms. The summed E-state index contributed by atoms with van der Waals surface area (Å²) in [5.74, 6) is 2.00. The van der Waals surface area contributed by atoms with E-state index >= 15 is 0 Å². The summed E-state index contributed by atoms with van der Waals surface area (Å²) >= 11 is 0. The molecule has 4 nitrogen and oxygen atoms in total. The van der Waals surface area contributed by atoms with Crippen LogP contribution in [0.3, 0.4) is 0 Å². The molecule has 4 heterocycles. The Morgan fingerprint density at radius 3 is 2.86 bits per heavy atom. The predicted octanol–water partition coefficient (Wildman–Crippen LogP) is 2.10. The first-order valence-corrected chi connectivity index (χ1v) is 8.63. The van der Waals surface area contributed by atoms with Gasteiger partial charge in [-0.3, -0.25) is 4.90 Å². The van der Waals surface area contributed by atoms with E-state index in [0.29, 0.717) is 12.1 Å². The van der Waals surface area contributed by atoms with Crippen LogP contribution >= 0.6 is 0 Å². The summed E-state index contributed by atoms with van der Waals surface area (Å²) < 4.78 is 5.72. The van der Waals surface area contributed by atoms with E-state index in [4.69, 9.17) is 4.42 Å². The van der Waals surface area contributed by atoms with Gasteiger partial charge in [-0.1, -0.05) is 0 Å². The Bertz CT molecular complexity index is 441. The number of piperidine rings is 1. The van der Waals surface area contributed by atoms with Crippen LogP contribution in [0.5, 0.6) is 0 Å². The highest BCUT2D eigenvalue weighted by molar-refractivity contribution is 5.07. The van der Waals surface area contributed by atoms with Gasteiger partial charge in [-0.2, -0.15) is 0 Å². The molecular formula is C17H27N3O. The Balaban J connectivity index is 1.40. The Morgan fingerprint density at radius 2 is 2.10 bits per heavy atom. The monoisotopic (exact) mass is 289 g/mol. The molecule has 0 saturated carbocycles. The van der Waals surface area contributed by atoms with Gasteiger partial charge in [-0.15, -0.1) is 0 Å². The summed E-state index contributed by atoms with van der Waals surface area (Å²) in [6, 6.07) is 5.26. The number of likely N-dealkylation sites (tertiary alicyclic amines) is 1. The van der Waals surface area contributed by atoms with Crippen molar-refractivity contribution >= 4 is 0 Å². The number of nitrogens with zero attached hydrogens (tertiary/aromatic N) is 2. The van der Waals surface area contributed by atoms with Crippen molar-refractivity contribution in [3.63, 3.8) is 0 Å². The SMILES string of the molecule is c1coc(C(CNC2CN3CCCC2C3)N2CCCC2)c1. The lowest BCUT2D eigenvalue weighted by atomic mass is 9.96. The molecule has 1 aromatic rings. The Hall–Kier alpha value is -0.840. The highest BCUT2D eigenvalue weighted by Gasteiger charge is 2.36. The van der Waals surface area contributed by atoms with E-state index in [1.807, 2.05) is 12.3 Å². The average Bonchev–Trinajstić information content (AvgIpc) is 3.23. The fourth-order valence-electron chi connectivity index (χ4n) is 4.45. The third kappa shape index (κ3) is 2.89. The van der Waals surface area contributed by atoms with Crippen molar-refractivity contribution in [3.8, 4) is 0 Å². The first kappa shape index (κ1) is 13.8. The number of rotatable bonds is 5. The number of hydrogen-bond donors (Lipinski definition) is 1. The van der Waals surface area contributed by atoms with Crippen molar-refractivity contribution < 1.29 is 4.42 Å². The van der Waals surface area contributed by atoms with Gasteiger partial charge < -0.3 is 14.6 Å². The second kappa shape index (κ2) is 6.11. The molecule has 3 aliphatic heterocycles. The van der Waals surface area contributed by atoms with Crippen LogP contribution in [0, 0.1) is 5.92 Å². The van der Waals surface area contributed by atoms with E-state index in [0.717, 1.165) is 18.2 Å². The largest absolute Gasteiger partial charge is 0.468 e. The van der Waals surface area contributed by atoms with E-state index in [1.165, 1.54) is 58.4 Å². The first-order chi connectivity index (χ1) is 10.4. The van der Waals surface area contributed by atoms with Crippen LogP contribution in [-0.4, -0.2) is 55.1 Å². The fourth-order valence-corrected chi connectivity index (χ4v) is 4.45. The van der Waals surface area contributed by atoms with Gasteiger partial charge in [0.15, 0.2) is 0 Å². The second-order valence-electron chi connectivity index (χ2n) is 6.95. The lowest BCUT2D eigenvalue weighted by Crippen LogP contribution is -2.41. The average molecular weight is 289 g/mol. The van der Waals surface area contributed by atoms with E-state index in [2.05, 4.69) is 21.2 Å². The molecule has 1 N–H and O–H groups in total. The molecule has 0 amide bonds. The molecule has 4 unspecified atom stereocenters. The molecule has 2 bridgehead atoms. The van der Waals surface area contributed by atoms with E-state index in [1.54, 1.807) is 0 Å². The Kier molecular flexibility index (Phi) is 4.01. The van der Waals surface area contributed by atoms with Crippen LogP contribution in [0.25, 0.3) is 0 Å². The van der Waals surface area contributed by atoms with Crippen LogP contribution in [0.2, 0.25) is 0 Å². The molecule has 3 saturated heterocycles. The van der Waals surface area contributed by atoms with E-state index < -0.39 is 0 Å². The van der Waals surface area contributed by atoms with Gasteiger partial charge in [0.1, 0.15) is 5.76 Å². The molecule has 1 aromatic heterocycles. The number of fused-ring (bicyclic) bond motifs is 2. The van der Waals surface area contributed by atoms with Crippen molar-refractivity contribution in [3.05, 3.63) is 24.2 Å². The maximum Gasteiger partial charge on any atom is 0.122 e. The topological polar surface area (TPSA) is 31.7 Å². The zero-order chi connectivity index (χ0) is 14.1. The summed E-state index contributed by atoms with van der Waals surface area (Å²) in [5, 5.41) is 3.87. The summed E-state index contributed by atoms with van der Waals surface area (Å²) in [5.41, 5.74) is 0. The third-order valence-electron chi connectivity index (χ3n) is 5.59. The fraction of sp³-hybridized carbons (Fsp3) is 0.765. The quantitative estimate of drug-likeness (QED) is 0.899. The first-order valence-electron chi connectivity index (χ1n) is 8.63. The molecule has 0 aromatic carbocycles. The summed E-state index contributed by atoms with van der Waals surface area (Å²) in [4.78, 5) is 5.22. The van der Waals surface area contributed by atoms with Gasteiger partial charge in [0.2, 0.25) is 0 Å². The normalized spacial score (nSPS) is 34.4. The summed E-state index contributed by atoms with van der Waals surface area (Å²) in [6.45, 7) is 7.33. The number of hydrogen-bond acceptors (Lipinski definition) is 4. The minimum absolute atomic E-state index is 0.415. The molecular weight excluding hydrogens is 262 g/mol. The van der Waals surface area contributed by atoms with Gasteiger partial charge in [0, 0.05) is 25.7 Å².